The molecular formula is C19H32N2O2. The van der Waals surface area contributed by atoms with Crippen LogP contribution in [0, 0.1) is 0 Å². The Morgan fingerprint density at radius 1 is 1.13 bits per heavy atom. The summed E-state index contributed by atoms with van der Waals surface area (Å²) in [5.74, 6) is 0. The standard InChI is InChI=1S/C19H32N2O2/c1-6-7-8-9-14-20-15(2)16-10-12-17(13-11-16)21-18(22)23-19(3,4)5/h10-13,15,20H,6-9,14H2,1-5H3,(H,21,22). The van der Waals surface area contributed by atoms with E-state index in [1.54, 1.807) is 0 Å². The summed E-state index contributed by atoms with van der Waals surface area (Å²) in [7, 11) is 0. The van der Waals surface area contributed by atoms with E-state index in [0.717, 1.165) is 12.2 Å². The Morgan fingerprint density at radius 2 is 1.78 bits per heavy atom. The largest absolute Gasteiger partial charge is 0.444 e. The molecule has 0 aromatic heterocycles. The molecule has 1 aromatic rings. The van der Waals surface area contributed by atoms with Gasteiger partial charge in [-0.25, -0.2) is 4.79 Å². The highest BCUT2D eigenvalue weighted by Crippen LogP contribution is 2.17. The van der Waals surface area contributed by atoms with E-state index in [2.05, 4.69) is 24.5 Å². The molecule has 0 radical (unpaired) electrons. The van der Waals surface area contributed by atoms with Gasteiger partial charge in [-0.2, -0.15) is 0 Å². The zero-order valence-corrected chi connectivity index (χ0v) is 15.2. The van der Waals surface area contributed by atoms with Gasteiger partial charge >= 0.3 is 6.09 Å². The van der Waals surface area contributed by atoms with Crippen molar-refractivity contribution in [1.29, 1.82) is 0 Å². The molecule has 130 valence electrons. The first-order chi connectivity index (χ1) is 10.8. The van der Waals surface area contributed by atoms with Crippen LogP contribution in [0.25, 0.3) is 0 Å². The smallest absolute Gasteiger partial charge is 0.412 e. The quantitative estimate of drug-likeness (QED) is 0.642. The Balaban J connectivity index is 2.41. The minimum atomic E-state index is -0.486. The zero-order chi connectivity index (χ0) is 17.3. The third-order valence-electron chi connectivity index (χ3n) is 3.54. The summed E-state index contributed by atoms with van der Waals surface area (Å²) in [6.45, 7) is 11.0. The van der Waals surface area contributed by atoms with E-state index in [-0.39, 0.29) is 0 Å². The lowest BCUT2D eigenvalue weighted by Gasteiger charge is -2.20. The summed E-state index contributed by atoms with van der Waals surface area (Å²) >= 11 is 0. The molecule has 0 saturated carbocycles. The van der Waals surface area contributed by atoms with Gasteiger partial charge < -0.3 is 10.1 Å². The molecule has 0 saturated heterocycles. The Hall–Kier alpha value is -1.55. The summed E-state index contributed by atoms with van der Waals surface area (Å²) in [6.07, 6.45) is 4.65. The SMILES string of the molecule is CCCCCCNC(C)c1ccc(NC(=O)OC(C)(C)C)cc1. The molecule has 0 aliphatic rings. The fourth-order valence-corrected chi connectivity index (χ4v) is 2.26. The van der Waals surface area contributed by atoms with Crippen LogP contribution in [-0.2, 0) is 4.74 Å². The molecule has 4 nitrogen and oxygen atoms in total. The second kappa shape index (κ2) is 9.56. The monoisotopic (exact) mass is 320 g/mol. The fraction of sp³-hybridized carbons (Fsp3) is 0.632. The molecule has 0 fully saturated rings. The third-order valence-corrected chi connectivity index (χ3v) is 3.54. The van der Waals surface area contributed by atoms with Crippen molar-refractivity contribution in [1.82, 2.24) is 5.32 Å². The van der Waals surface area contributed by atoms with Crippen molar-refractivity contribution in [3.05, 3.63) is 29.8 Å². The molecule has 0 bridgehead atoms. The van der Waals surface area contributed by atoms with Gasteiger partial charge in [-0.05, 0) is 58.4 Å². The van der Waals surface area contributed by atoms with Gasteiger partial charge in [0, 0.05) is 11.7 Å². The van der Waals surface area contributed by atoms with E-state index in [4.69, 9.17) is 4.74 Å². The maximum Gasteiger partial charge on any atom is 0.412 e. The maximum atomic E-state index is 11.7. The number of nitrogens with one attached hydrogen (secondary N) is 2. The summed E-state index contributed by atoms with van der Waals surface area (Å²) in [4.78, 5) is 11.7. The molecule has 1 atom stereocenters. The van der Waals surface area contributed by atoms with E-state index < -0.39 is 11.7 Å². The normalized spacial score (nSPS) is 12.7. The van der Waals surface area contributed by atoms with Gasteiger partial charge in [-0.3, -0.25) is 5.32 Å². The average molecular weight is 320 g/mol. The van der Waals surface area contributed by atoms with Gasteiger partial charge in [0.25, 0.3) is 0 Å². The highest BCUT2D eigenvalue weighted by molar-refractivity contribution is 5.84. The zero-order valence-electron chi connectivity index (χ0n) is 15.2. The first-order valence-corrected chi connectivity index (χ1v) is 8.65. The number of benzene rings is 1. The van der Waals surface area contributed by atoms with Crippen LogP contribution in [0.1, 0.15) is 71.9 Å². The molecule has 0 heterocycles. The molecule has 1 rings (SSSR count). The van der Waals surface area contributed by atoms with Gasteiger partial charge in [-0.1, -0.05) is 38.3 Å². The number of amides is 1. The van der Waals surface area contributed by atoms with Crippen molar-refractivity contribution in [2.45, 2.75) is 71.9 Å². The van der Waals surface area contributed by atoms with Crippen molar-refractivity contribution in [2.75, 3.05) is 11.9 Å². The topological polar surface area (TPSA) is 50.4 Å². The van der Waals surface area contributed by atoms with Crippen LogP contribution < -0.4 is 10.6 Å². The van der Waals surface area contributed by atoms with Crippen LogP contribution in [0.3, 0.4) is 0 Å². The van der Waals surface area contributed by atoms with Gasteiger partial charge in [0.15, 0.2) is 0 Å². The Kier molecular flexibility index (Phi) is 8.10. The summed E-state index contributed by atoms with van der Waals surface area (Å²) in [6, 6.07) is 8.21. The van der Waals surface area contributed by atoms with Gasteiger partial charge in [0.2, 0.25) is 0 Å². The molecule has 0 aliphatic heterocycles. The minimum absolute atomic E-state index is 0.312. The molecule has 1 unspecified atom stereocenters. The number of unbranched alkanes of at least 4 members (excludes halogenated alkanes) is 3. The lowest BCUT2D eigenvalue weighted by Crippen LogP contribution is -2.27. The number of rotatable bonds is 8. The third kappa shape index (κ3) is 8.60. The molecule has 1 aromatic carbocycles. The molecule has 0 aliphatic carbocycles. The summed E-state index contributed by atoms with van der Waals surface area (Å²) in [5, 5.41) is 6.29. The first kappa shape index (κ1) is 19.5. The van der Waals surface area contributed by atoms with Crippen molar-refractivity contribution in [2.24, 2.45) is 0 Å². The van der Waals surface area contributed by atoms with Crippen molar-refractivity contribution >= 4 is 11.8 Å². The molecule has 1 amide bonds. The number of ether oxygens (including phenoxy) is 1. The highest BCUT2D eigenvalue weighted by atomic mass is 16.6. The van der Waals surface area contributed by atoms with Crippen LogP contribution in [0.4, 0.5) is 10.5 Å². The van der Waals surface area contributed by atoms with Crippen molar-refractivity contribution < 1.29 is 9.53 Å². The van der Waals surface area contributed by atoms with E-state index >= 15 is 0 Å². The van der Waals surface area contributed by atoms with Gasteiger partial charge in [0.05, 0.1) is 0 Å². The number of hydrogen-bond acceptors (Lipinski definition) is 3. The molecule has 23 heavy (non-hydrogen) atoms. The summed E-state index contributed by atoms with van der Waals surface area (Å²) in [5.41, 5.74) is 1.48. The number of anilines is 1. The fourth-order valence-electron chi connectivity index (χ4n) is 2.26. The second-order valence-electron chi connectivity index (χ2n) is 6.99. The van der Waals surface area contributed by atoms with Crippen LogP contribution in [0.15, 0.2) is 24.3 Å². The molecular weight excluding hydrogens is 288 g/mol. The van der Waals surface area contributed by atoms with Crippen LogP contribution in [0.5, 0.6) is 0 Å². The molecule has 4 heteroatoms. The van der Waals surface area contributed by atoms with Crippen LogP contribution in [0.2, 0.25) is 0 Å². The minimum Gasteiger partial charge on any atom is -0.444 e. The predicted molar refractivity (Wildman–Crippen MR) is 96.9 cm³/mol. The predicted octanol–water partition coefficient (Wildman–Crippen LogP) is 5.26. The van der Waals surface area contributed by atoms with Crippen molar-refractivity contribution in [3.8, 4) is 0 Å². The van der Waals surface area contributed by atoms with E-state index in [1.807, 2.05) is 45.0 Å². The lowest BCUT2D eigenvalue weighted by molar-refractivity contribution is 0.0636. The van der Waals surface area contributed by atoms with Crippen LogP contribution >= 0.6 is 0 Å². The van der Waals surface area contributed by atoms with Gasteiger partial charge in [-0.15, -0.1) is 0 Å². The number of hydrogen-bond donors (Lipinski definition) is 2. The van der Waals surface area contributed by atoms with Crippen molar-refractivity contribution in [3.63, 3.8) is 0 Å². The van der Waals surface area contributed by atoms with Crippen LogP contribution in [-0.4, -0.2) is 18.2 Å². The number of carbonyl (C=O) groups excluding carboxylic acids is 1. The Bertz CT molecular complexity index is 463. The maximum absolute atomic E-state index is 11.7. The second-order valence-corrected chi connectivity index (χ2v) is 6.99. The Labute approximate surface area is 141 Å². The van der Waals surface area contributed by atoms with E-state index in [9.17, 15) is 4.79 Å². The first-order valence-electron chi connectivity index (χ1n) is 8.65. The molecule has 2 N–H and O–H groups in total. The van der Waals surface area contributed by atoms with Gasteiger partial charge in [0.1, 0.15) is 5.60 Å². The summed E-state index contributed by atoms with van der Waals surface area (Å²) < 4.78 is 5.24. The van der Waals surface area contributed by atoms with E-state index in [1.165, 1.54) is 31.2 Å². The Morgan fingerprint density at radius 3 is 2.35 bits per heavy atom. The number of carbonyl (C=O) groups is 1. The molecule has 0 spiro atoms. The van der Waals surface area contributed by atoms with E-state index in [0.29, 0.717) is 6.04 Å². The highest BCUT2D eigenvalue weighted by Gasteiger charge is 2.16. The lowest BCUT2D eigenvalue weighted by atomic mass is 10.1. The average Bonchev–Trinajstić information content (AvgIpc) is 2.45.